The van der Waals surface area contributed by atoms with Crippen LogP contribution >= 0.6 is 23.4 Å². The number of hydrogen-bond acceptors (Lipinski definition) is 3. The molecule has 0 unspecified atom stereocenters. The summed E-state index contributed by atoms with van der Waals surface area (Å²) in [6, 6.07) is 22.2. The van der Waals surface area contributed by atoms with Gasteiger partial charge in [0.1, 0.15) is 5.75 Å². The molecule has 0 fully saturated rings. The zero-order valence-electron chi connectivity index (χ0n) is 16.9. The van der Waals surface area contributed by atoms with Crippen molar-refractivity contribution in [3.05, 3.63) is 100 Å². The van der Waals surface area contributed by atoms with E-state index >= 15 is 0 Å². The van der Waals surface area contributed by atoms with E-state index in [1.165, 1.54) is 27.8 Å². The number of carbonyl (C=O) groups is 1. The second-order valence-electron chi connectivity index (χ2n) is 6.83. The summed E-state index contributed by atoms with van der Waals surface area (Å²) < 4.78 is 5.19. The molecule has 154 valence electrons. The second kappa shape index (κ2) is 10.4. The van der Waals surface area contributed by atoms with Gasteiger partial charge >= 0.3 is 5.97 Å². The number of aliphatic carboxylic acids is 1. The van der Waals surface area contributed by atoms with E-state index < -0.39 is 12.6 Å². The van der Waals surface area contributed by atoms with Crippen LogP contribution in [0.1, 0.15) is 22.3 Å². The van der Waals surface area contributed by atoms with Crippen molar-refractivity contribution in [1.29, 1.82) is 0 Å². The molecule has 0 spiro atoms. The maximum atomic E-state index is 10.7. The van der Waals surface area contributed by atoms with Crippen LogP contribution in [-0.2, 0) is 4.79 Å². The minimum atomic E-state index is -1.03. The molecule has 3 nitrogen and oxygen atoms in total. The number of rotatable bonds is 8. The number of carboxylic acids is 1. The molecule has 0 radical (unpaired) electrons. The quantitative estimate of drug-likeness (QED) is 0.400. The third-order valence-corrected chi connectivity index (χ3v) is 5.88. The van der Waals surface area contributed by atoms with Crippen molar-refractivity contribution in [1.82, 2.24) is 0 Å². The van der Waals surface area contributed by atoms with Gasteiger partial charge in [-0.05, 0) is 59.9 Å². The Morgan fingerprint density at radius 3 is 2.13 bits per heavy atom. The van der Waals surface area contributed by atoms with Gasteiger partial charge in [0.05, 0.1) is 5.02 Å². The minimum absolute atomic E-state index is 0.375. The molecule has 3 aromatic rings. The third-order valence-electron chi connectivity index (χ3n) is 4.66. The molecule has 3 aromatic carbocycles. The first-order chi connectivity index (χ1) is 14.5. The molecule has 0 heterocycles. The summed E-state index contributed by atoms with van der Waals surface area (Å²) >= 11 is 7.91. The molecule has 1 N–H and O–H groups in total. The SMILES string of the molecule is Cc1ccccc1C(=CCSc1ccc(OCC(=O)O)c(Cl)c1)c1ccccc1C. The van der Waals surface area contributed by atoms with Crippen molar-refractivity contribution in [2.45, 2.75) is 18.7 Å². The molecule has 5 heteroatoms. The van der Waals surface area contributed by atoms with Crippen LogP contribution in [0.4, 0.5) is 0 Å². The molecule has 30 heavy (non-hydrogen) atoms. The van der Waals surface area contributed by atoms with Crippen molar-refractivity contribution in [3.8, 4) is 5.75 Å². The average molecular weight is 439 g/mol. The zero-order valence-corrected chi connectivity index (χ0v) is 18.5. The van der Waals surface area contributed by atoms with Crippen LogP contribution in [0.3, 0.4) is 0 Å². The first kappa shape index (κ1) is 22.0. The fraction of sp³-hybridized carbons (Fsp3) is 0.160. The number of aryl methyl sites for hydroxylation is 2. The molecule has 0 saturated heterocycles. The Morgan fingerprint density at radius 1 is 1.00 bits per heavy atom. The molecular formula is C25H23ClO3S. The Kier molecular flexibility index (Phi) is 7.61. The van der Waals surface area contributed by atoms with E-state index in [9.17, 15) is 4.79 Å². The van der Waals surface area contributed by atoms with Gasteiger partial charge in [-0.25, -0.2) is 4.79 Å². The van der Waals surface area contributed by atoms with Crippen molar-refractivity contribution < 1.29 is 14.6 Å². The van der Waals surface area contributed by atoms with Gasteiger partial charge in [0.15, 0.2) is 6.61 Å². The second-order valence-corrected chi connectivity index (χ2v) is 8.33. The molecule has 3 rings (SSSR count). The Morgan fingerprint density at radius 2 is 1.60 bits per heavy atom. The van der Waals surface area contributed by atoms with Gasteiger partial charge in [0, 0.05) is 10.6 Å². The first-order valence-corrected chi connectivity index (χ1v) is 10.9. The van der Waals surface area contributed by atoms with Gasteiger partial charge in [0.25, 0.3) is 0 Å². The van der Waals surface area contributed by atoms with E-state index in [-0.39, 0.29) is 0 Å². The lowest BCUT2D eigenvalue weighted by atomic mass is 9.92. The van der Waals surface area contributed by atoms with Gasteiger partial charge in [-0.2, -0.15) is 0 Å². The molecule has 0 bridgehead atoms. The van der Waals surface area contributed by atoms with Gasteiger partial charge in [-0.3, -0.25) is 0 Å². The number of carboxylic acid groups (broad SMARTS) is 1. The molecule has 0 aliphatic heterocycles. The summed E-state index contributed by atoms with van der Waals surface area (Å²) in [5.41, 5.74) is 6.14. The van der Waals surface area contributed by atoms with Gasteiger partial charge in [0.2, 0.25) is 0 Å². The van der Waals surface area contributed by atoms with Crippen molar-refractivity contribution >= 4 is 34.9 Å². The topological polar surface area (TPSA) is 46.5 Å². The number of hydrogen-bond donors (Lipinski definition) is 1. The van der Waals surface area contributed by atoms with Crippen molar-refractivity contribution in [2.75, 3.05) is 12.4 Å². The Labute approximate surface area is 186 Å². The van der Waals surface area contributed by atoms with Gasteiger partial charge in [-0.1, -0.05) is 66.2 Å². The highest BCUT2D eigenvalue weighted by molar-refractivity contribution is 7.99. The van der Waals surface area contributed by atoms with Crippen LogP contribution in [0.15, 0.2) is 77.7 Å². The Bertz CT molecular complexity index is 1030. The number of ether oxygens (including phenoxy) is 1. The average Bonchev–Trinajstić information content (AvgIpc) is 2.72. The molecular weight excluding hydrogens is 416 g/mol. The predicted octanol–water partition coefficient (Wildman–Crippen LogP) is 6.64. The minimum Gasteiger partial charge on any atom is -0.480 e. The summed E-state index contributed by atoms with van der Waals surface area (Å²) in [7, 11) is 0. The summed E-state index contributed by atoms with van der Waals surface area (Å²) in [4.78, 5) is 11.7. The molecule has 0 aliphatic rings. The van der Waals surface area contributed by atoms with Crippen LogP contribution < -0.4 is 4.74 Å². The number of thioether (sulfide) groups is 1. The lowest BCUT2D eigenvalue weighted by molar-refractivity contribution is -0.139. The first-order valence-electron chi connectivity index (χ1n) is 9.55. The van der Waals surface area contributed by atoms with E-state index in [1.807, 2.05) is 6.07 Å². The fourth-order valence-corrected chi connectivity index (χ4v) is 4.27. The maximum absolute atomic E-state index is 10.7. The lowest BCUT2D eigenvalue weighted by Crippen LogP contribution is -2.09. The monoisotopic (exact) mass is 438 g/mol. The van der Waals surface area contributed by atoms with E-state index in [0.29, 0.717) is 10.8 Å². The highest BCUT2D eigenvalue weighted by Gasteiger charge is 2.10. The fourth-order valence-electron chi connectivity index (χ4n) is 3.16. The predicted molar refractivity (Wildman–Crippen MR) is 125 cm³/mol. The lowest BCUT2D eigenvalue weighted by Gasteiger charge is -2.14. The van der Waals surface area contributed by atoms with Crippen LogP contribution in [0.5, 0.6) is 5.75 Å². The van der Waals surface area contributed by atoms with Crippen LogP contribution in [-0.4, -0.2) is 23.4 Å². The third kappa shape index (κ3) is 5.68. The van der Waals surface area contributed by atoms with Gasteiger partial charge in [-0.15, -0.1) is 11.8 Å². The highest BCUT2D eigenvalue weighted by Crippen LogP contribution is 2.32. The number of benzene rings is 3. The maximum Gasteiger partial charge on any atom is 0.341 e. The largest absolute Gasteiger partial charge is 0.480 e. The van der Waals surface area contributed by atoms with E-state index in [0.717, 1.165) is 10.6 Å². The summed E-state index contributed by atoms with van der Waals surface area (Å²) in [6.45, 7) is 3.85. The van der Waals surface area contributed by atoms with Crippen LogP contribution in [0, 0.1) is 13.8 Å². The zero-order chi connectivity index (χ0) is 21.5. The van der Waals surface area contributed by atoms with Crippen LogP contribution in [0.2, 0.25) is 5.02 Å². The highest BCUT2D eigenvalue weighted by atomic mass is 35.5. The molecule has 0 saturated carbocycles. The molecule has 0 atom stereocenters. The molecule has 0 amide bonds. The normalized spacial score (nSPS) is 10.5. The van der Waals surface area contributed by atoms with Gasteiger partial charge < -0.3 is 9.84 Å². The van der Waals surface area contributed by atoms with Crippen molar-refractivity contribution in [2.24, 2.45) is 0 Å². The Hall–Kier alpha value is -2.69. The standard InChI is InChI=1S/C25H23ClO3S/c1-17-7-3-5-9-20(17)22(21-10-6-4-8-18(21)2)13-14-30-19-11-12-24(23(26)15-19)29-16-25(27)28/h3-13,15H,14,16H2,1-2H3,(H,27,28). The van der Waals surface area contributed by atoms with E-state index in [2.05, 4.69) is 68.5 Å². The summed E-state index contributed by atoms with van der Waals surface area (Å²) in [5, 5.41) is 9.14. The Balaban J connectivity index is 1.82. The van der Waals surface area contributed by atoms with E-state index in [4.69, 9.17) is 21.4 Å². The number of halogens is 1. The smallest absolute Gasteiger partial charge is 0.341 e. The molecule has 0 aliphatic carbocycles. The van der Waals surface area contributed by atoms with Crippen molar-refractivity contribution in [3.63, 3.8) is 0 Å². The van der Waals surface area contributed by atoms with E-state index in [1.54, 1.807) is 23.9 Å². The summed E-state index contributed by atoms with van der Waals surface area (Å²) in [5.74, 6) is 0.109. The summed E-state index contributed by atoms with van der Waals surface area (Å²) in [6.07, 6.45) is 2.25. The van der Waals surface area contributed by atoms with Crippen LogP contribution in [0.25, 0.3) is 5.57 Å². The molecule has 0 aromatic heterocycles.